The average Bonchev–Trinajstić information content (AvgIpc) is 3.16. The highest BCUT2D eigenvalue weighted by Crippen LogP contribution is 2.35. The SMILES string of the molecule is CCOc1ccc(C(=O)N(CCC[NH+](C)C)c2nc3c(OCC)cccc3s2)cc1. The van der Waals surface area contributed by atoms with Gasteiger partial charge in [0.15, 0.2) is 5.13 Å². The second kappa shape index (κ2) is 10.4. The summed E-state index contributed by atoms with van der Waals surface area (Å²) >= 11 is 1.52. The lowest BCUT2D eigenvalue weighted by atomic mass is 10.2. The maximum atomic E-state index is 13.4. The van der Waals surface area contributed by atoms with Crippen LogP contribution >= 0.6 is 11.3 Å². The van der Waals surface area contributed by atoms with E-state index in [0.29, 0.717) is 30.5 Å². The Hall–Kier alpha value is -2.64. The molecule has 0 fully saturated rings. The van der Waals surface area contributed by atoms with E-state index in [4.69, 9.17) is 14.5 Å². The number of thiazole rings is 1. The molecule has 0 spiro atoms. The summed E-state index contributed by atoms with van der Waals surface area (Å²) in [4.78, 5) is 21.3. The molecule has 0 unspecified atom stereocenters. The molecule has 0 aliphatic carbocycles. The Kier molecular flexibility index (Phi) is 7.65. The molecule has 0 radical (unpaired) electrons. The number of carbonyl (C=O) groups excluding carboxylic acids is 1. The summed E-state index contributed by atoms with van der Waals surface area (Å²) in [5.41, 5.74) is 1.43. The van der Waals surface area contributed by atoms with Gasteiger partial charge in [-0.1, -0.05) is 17.4 Å². The van der Waals surface area contributed by atoms with Gasteiger partial charge in [0.2, 0.25) is 0 Å². The van der Waals surface area contributed by atoms with Crippen molar-refractivity contribution in [3.8, 4) is 11.5 Å². The number of anilines is 1. The van der Waals surface area contributed by atoms with Crippen LogP contribution in [0.2, 0.25) is 0 Å². The van der Waals surface area contributed by atoms with Crippen molar-refractivity contribution >= 4 is 32.6 Å². The van der Waals surface area contributed by atoms with Crippen LogP contribution in [0.1, 0.15) is 30.6 Å². The summed E-state index contributed by atoms with van der Waals surface area (Å²) in [5.74, 6) is 1.46. The van der Waals surface area contributed by atoms with Gasteiger partial charge >= 0.3 is 0 Å². The molecule has 160 valence electrons. The summed E-state index contributed by atoms with van der Waals surface area (Å²) in [7, 11) is 4.23. The first kappa shape index (κ1) is 22.1. The molecule has 30 heavy (non-hydrogen) atoms. The molecule has 7 heteroatoms. The number of rotatable bonds is 10. The van der Waals surface area contributed by atoms with E-state index < -0.39 is 0 Å². The van der Waals surface area contributed by atoms with Crippen molar-refractivity contribution in [3.63, 3.8) is 0 Å². The Bertz CT molecular complexity index is 969. The Morgan fingerprint density at radius 1 is 1.07 bits per heavy atom. The van der Waals surface area contributed by atoms with Gasteiger partial charge in [0.05, 0.1) is 38.6 Å². The number of carbonyl (C=O) groups is 1. The van der Waals surface area contributed by atoms with Crippen LogP contribution in [-0.2, 0) is 0 Å². The normalized spacial score (nSPS) is 11.1. The number of hydrogen-bond donors (Lipinski definition) is 1. The molecule has 0 aliphatic rings. The third kappa shape index (κ3) is 5.29. The molecule has 1 heterocycles. The molecular formula is C23H30N3O3S+. The Morgan fingerprint density at radius 3 is 2.47 bits per heavy atom. The van der Waals surface area contributed by atoms with Gasteiger partial charge in [-0.3, -0.25) is 9.69 Å². The molecular weight excluding hydrogens is 398 g/mol. The summed E-state index contributed by atoms with van der Waals surface area (Å²) in [6.45, 7) is 6.66. The number of benzene rings is 2. The second-order valence-corrected chi connectivity index (χ2v) is 8.27. The van der Waals surface area contributed by atoms with Crippen molar-refractivity contribution < 1.29 is 19.2 Å². The number of hydrogen-bond acceptors (Lipinski definition) is 5. The van der Waals surface area contributed by atoms with E-state index in [2.05, 4.69) is 14.1 Å². The molecule has 0 aliphatic heterocycles. The predicted octanol–water partition coefficient (Wildman–Crippen LogP) is 3.28. The zero-order valence-electron chi connectivity index (χ0n) is 18.1. The maximum absolute atomic E-state index is 13.4. The van der Waals surface area contributed by atoms with E-state index in [1.807, 2.05) is 56.3 Å². The van der Waals surface area contributed by atoms with Gasteiger partial charge < -0.3 is 14.4 Å². The van der Waals surface area contributed by atoms with Crippen LogP contribution in [0.3, 0.4) is 0 Å². The number of para-hydroxylation sites is 1. The van der Waals surface area contributed by atoms with Gasteiger partial charge in [-0.25, -0.2) is 4.98 Å². The minimum absolute atomic E-state index is 0.0520. The highest BCUT2D eigenvalue weighted by atomic mass is 32.1. The van der Waals surface area contributed by atoms with Gasteiger partial charge in [0.1, 0.15) is 17.0 Å². The van der Waals surface area contributed by atoms with Crippen LogP contribution < -0.4 is 19.3 Å². The first-order valence-electron chi connectivity index (χ1n) is 10.4. The van der Waals surface area contributed by atoms with Gasteiger partial charge in [0, 0.05) is 18.5 Å². The fraction of sp³-hybridized carbons (Fsp3) is 0.391. The third-order valence-electron chi connectivity index (χ3n) is 4.62. The quantitative estimate of drug-likeness (QED) is 0.539. The van der Waals surface area contributed by atoms with Crippen molar-refractivity contribution in [3.05, 3.63) is 48.0 Å². The summed E-state index contributed by atoms with van der Waals surface area (Å²) < 4.78 is 12.2. The van der Waals surface area contributed by atoms with Gasteiger partial charge in [-0.05, 0) is 50.2 Å². The zero-order chi connectivity index (χ0) is 21.5. The predicted molar refractivity (Wildman–Crippen MR) is 122 cm³/mol. The molecule has 6 nitrogen and oxygen atoms in total. The minimum Gasteiger partial charge on any atom is -0.494 e. The Morgan fingerprint density at radius 2 is 1.80 bits per heavy atom. The van der Waals surface area contributed by atoms with Crippen LogP contribution in [0.4, 0.5) is 5.13 Å². The molecule has 0 saturated carbocycles. The molecule has 1 amide bonds. The standard InChI is InChI=1S/C23H29N3O3S/c1-5-28-18-13-11-17(12-14-18)22(27)26(16-8-15-25(3)4)23-24-21-19(29-6-2)9-7-10-20(21)30-23/h7,9-14H,5-6,8,15-16H2,1-4H3/p+1. The van der Waals surface area contributed by atoms with Gasteiger partial charge in [0.25, 0.3) is 5.91 Å². The van der Waals surface area contributed by atoms with Crippen LogP contribution in [0.25, 0.3) is 10.2 Å². The largest absolute Gasteiger partial charge is 0.494 e. The minimum atomic E-state index is -0.0520. The van der Waals surface area contributed by atoms with Crippen LogP contribution in [-0.4, -0.2) is 51.3 Å². The van der Waals surface area contributed by atoms with E-state index in [1.165, 1.54) is 16.2 Å². The lowest BCUT2D eigenvalue weighted by Gasteiger charge is -2.20. The first-order valence-corrected chi connectivity index (χ1v) is 11.2. The van der Waals surface area contributed by atoms with Crippen molar-refractivity contribution in [1.82, 2.24) is 4.98 Å². The number of aromatic nitrogens is 1. The molecule has 0 atom stereocenters. The van der Waals surface area contributed by atoms with E-state index in [-0.39, 0.29) is 5.91 Å². The van der Waals surface area contributed by atoms with Crippen molar-refractivity contribution in [2.75, 3.05) is 45.3 Å². The van der Waals surface area contributed by atoms with Gasteiger partial charge in [-0.15, -0.1) is 0 Å². The topological polar surface area (TPSA) is 56.1 Å². The highest BCUT2D eigenvalue weighted by Gasteiger charge is 2.22. The molecule has 3 aromatic rings. The number of nitrogens with one attached hydrogen (secondary N) is 1. The number of ether oxygens (including phenoxy) is 2. The number of quaternary nitrogens is 1. The van der Waals surface area contributed by atoms with Crippen LogP contribution in [0.15, 0.2) is 42.5 Å². The third-order valence-corrected chi connectivity index (χ3v) is 5.66. The first-order chi connectivity index (χ1) is 14.5. The Balaban J connectivity index is 1.92. The van der Waals surface area contributed by atoms with E-state index in [9.17, 15) is 4.79 Å². The molecule has 2 aromatic carbocycles. The maximum Gasteiger partial charge on any atom is 0.260 e. The average molecular weight is 429 g/mol. The molecule has 3 rings (SSSR count). The fourth-order valence-corrected chi connectivity index (χ4v) is 4.20. The van der Waals surface area contributed by atoms with Crippen LogP contribution in [0, 0.1) is 0 Å². The van der Waals surface area contributed by atoms with E-state index in [1.54, 1.807) is 4.90 Å². The number of fused-ring (bicyclic) bond motifs is 1. The van der Waals surface area contributed by atoms with E-state index in [0.717, 1.165) is 34.7 Å². The molecule has 0 saturated heterocycles. The molecule has 0 bridgehead atoms. The second-order valence-electron chi connectivity index (χ2n) is 7.26. The summed E-state index contributed by atoms with van der Waals surface area (Å²) in [5, 5.41) is 0.699. The summed E-state index contributed by atoms with van der Waals surface area (Å²) in [6.07, 6.45) is 0.888. The highest BCUT2D eigenvalue weighted by molar-refractivity contribution is 7.22. The zero-order valence-corrected chi connectivity index (χ0v) is 18.9. The monoisotopic (exact) mass is 428 g/mol. The smallest absolute Gasteiger partial charge is 0.260 e. The number of amides is 1. The van der Waals surface area contributed by atoms with E-state index >= 15 is 0 Å². The summed E-state index contributed by atoms with van der Waals surface area (Å²) in [6, 6.07) is 13.2. The fourth-order valence-electron chi connectivity index (χ4n) is 3.19. The molecule has 1 aromatic heterocycles. The van der Waals surface area contributed by atoms with Crippen LogP contribution in [0.5, 0.6) is 11.5 Å². The lowest BCUT2D eigenvalue weighted by molar-refractivity contribution is -0.858. The lowest BCUT2D eigenvalue weighted by Crippen LogP contribution is -3.05. The van der Waals surface area contributed by atoms with Crippen molar-refractivity contribution in [2.24, 2.45) is 0 Å². The Labute approximate surface area is 182 Å². The van der Waals surface area contributed by atoms with Gasteiger partial charge in [-0.2, -0.15) is 0 Å². The van der Waals surface area contributed by atoms with Crippen molar-refractivity contribution in [2.45, 2.75) is 20.3 Å². The van der Waals surface area contributed by atoms with Crippen molar-refractivity contribution in [1.29, 1.82) is 0 Å². The molecule has 1 N–H and O–H groups in total. The number of nitrogens with zero attached hydrogens (tertiary/aromatic N) is 2.